The molecule has 2 rings (SSSR count). The van der Waals surface area contributed by atoms with Crippen molar-refractivity contribution in [3.8, 4) is 0 Å². The third-order valence-corrected chi connectivity index (χ3v) is 6.34. The summed E-state index contributed by atoms with van der Waals surface area (Å²) in [6.45, 7) is 5.79. The first kappa shape index (κ1) is 31.4. The number of carboxylic acid groups (broad SMARTS) is 1. The van der Waals surface area contributed by atoms with Crippen molar-refractivity contribution in [2.24, 2.45) is 5.92 Å². The van der Waals surface area contributed by atoms with E-state index in [0.717, 1.165) is 4.90 Å². The van der Waals surface area contributed by atoms with Crippen molar-refractivity contribution < 1.29 is 42.6 Å². The van der Waals surface area contributed by atoms with Gasteiger partial charge in [0.2, 0.25) is 11.8 Å². The quantitative estimate of drug-likeness (QED) is 0.308. The molecule has 1 saturated heterocycles. The van der Waals surface area contributed by atoms with Crippen molar-refractivity contribution in [2.45, 2.75) is 83.7 Å². The summed E-state index contributed by atoms with van der Waals surface area (Å²) < 4.78 is 33.8. The zero-order valence-corrected chi connectivity index (χ0v) is 22.4. The van der Waals surface area contributed by atoms with E-state index in [1.54, 1.807) is 44.2 Å². The Bertz CT molecular complexity index is 1040. The molecule has 0 spiro atoms. The SMILES string of the molecule is CC(C)CC(NC(=O)OCc1ccccc1)(C(=O)N[C@@H](C)C(=O)N[C@@H](C)C(=O)N1CCC[C@H]1C(=O)O)C(F)F. The van der Waals surface area contributed by atoms with E-state index in [-0.39, 0.29) is 13.2 Å². The summed E-state index contributed by atoms with van der Waals surface area (Å²) in [4.78, 5) is 63.5. The van der Waals surface area contributed by atoms with Crippen molar-refractivity contribution >= 4 is 29.8 Å². The smallest absolute Gasteiger partial charge is 0.408 e. The number of benzene rings is 1. The number of nitrogens with one attached hydrogen (secondary N) is 3. The molecule has 4 atom stereocenters. The number of carbonyl (C=O) groups excluding carboxylic acids is 4. The van der Waals surface area contributed by atoms with Crippen LogP contribution in [0.4, 0.5) is 13.6 Å². The fraction of sp³-hybridized carbons (Fsp3) is 0.577. The van der Waals surface area contributed by atoms with Crippen LogP contribution in [0.2, 0.25) is 0 Å². The maximum atomic E-state index is 14.4. The highest BCUT2D eigenvalue weighted by atomic mass is 19.3. The second kappa shape index (κ2) is 13.9. The van der Waals surface area contributed by atoms with Gasteiger partial charge in [0.15, 0.2) is 5.54 Å². The highest BCUT2D eigenvalue weighted by Gasteiger charge is 2.50. The average molecular weight is 555 g/mol. The van der Waals surface area contributed by atoms with E-state index in [1.165, 1.54) is 13.8 Å². The molecule has 1 unspecified atom stereocenters. The summed E-state index contributed by atoms with van der Waals surface area (Å²) in [7, 11) is 0. The van der Waals surface area contributed by atoms with E-state index in [0.29, 0.717) is 18.4 Å². The number of alkyl halides is 2. The molecule has 13 heteroatoms. The molecular weight excluding hydrogens is 518 g/mol. The Labute approximate surface area is 225 Å². The van der Waals surface area contributed by atoms with Crippen LogP contribution in [-0.2, 0) is 30.5 Å². The van der Waals surface area contributed by atoms with Crippen LogP contribution < -0.4 is 16.0 Å². The predicted molar refractivity (Wildman–Crippen MR) is 136 cm³/mol. The lowest BCUT2D eigenvalue weighted by Gasteiger charge is -2.34. The first-order chi connectivity index (χ1) is 18.3. The Balaban J connectivity index is 2.08. The number of hydrogen-bond acceptors (Lipinski definition) is 6. The van der Waals surface area contributed by atoms with Crippen LogP contribution in [0.25, 0.3) is 0 Å². The molecule has 11 nitrogen and oxygen atoms in total. The summed E-state index contributed by atoms with van der Waals surface area (Å²) in [6.07, 6.45) is -4.23. The molecule has 0 saturated carbocycles. The molecule has 0 bridgehead atoms. The molecule has 4 N–H and O–H groups in total. The Morgan fingerprint density at radius 1 is 1.05 bits per heavy atom. The number of hydrogen-bond donors (Lipinski definition) is 4. The number of carbonyl (C=O) groups is 5. The van der Waals surface area contributed by atoms with E-state index >= 15 is 0 Å². The standard InChI is InChI=1S/C26H36F2N4O7/c1-15(2)13-26(23(27)28,31-25(38)39-14-18-9-6-5-7-10-18)24(37)30-16(3)20(33)29-17(4)21(34)32-12-8-11-19(32)22(35)36/h5-7,9-10,15-17,19,23H,8,11-14H2,1-4H3,(H,29,33)(H,30,37)(H,31,38)(H,35,36)/t16-,17-,19-,26?/m0/s1. The molecule has 1 fully saturated rings. The molecule has 216 valence electrons. The second-order valence-corrected chi connectivity index (χ2v) is 10.0. The Hall–Kier alpha value is -3.77. The van der Waals surface area contributed by atoms with Crippen molar-refractivity contribution in [3.05, 3.63) is 35.9 Å². The summed E-state index contributed by atoms with van der Waals surface area (Å²) >= 11 is 0. The van der Waals surface area contributed by atoms with Gasteiger partial charge in [0.25, 0.3) is 12.3 Å². The number of ether oxygens (including phenoxy) is 1. The molecule has 1 aliphatic rings. The molecule has 1 aliphatic heterocycles. The summed E-state index contributed by atoms with van der Waals surface area (Å²) in [6, 6.07) is 5.03. The molecular formula is C26H36F2N4O7. The second-order valence-electron chi connectivity index (χ2n) is 10.0. The maximum Gasteiger partial charge on any atom is 0.408 e. The number of likely N-dealkylation sites (tertiary alicyclic amines) is 1. The maximum absolute atomic E-state index is 14.4. The molecule has 1 aromatic carbocycles. The molecule has 4 amide bonds. The van der Waals surface area contributed by atoms with Gasteiger partial charge in [-0.25, -0.2) is 18.4 Å². The number of amides is 4. The fourth-order valence-corrected chi connectivity index (χ4v) is 4.36. The highest BCUT2D eigenvalue weighted by molar-refractivity contribution is 5.96. The fourth-order valence-electron chi connectivity index (χ4n) is 4.36. The van der Waals surface area contributed by atoms with Gasteiger partial charge in [-0.1, -0.05) is 44.2 Å². The number of rotatable bonds is 12. The van der Waals surface area contributed by atoms with Crippen molar-refractivity contribution in [3.63, 3.8) is 0 Å². The van der Waals surface area contributed by atoms with E-state index in [1.807, 2.05) is 5.32 Å². The summed E-state index contributed by atoms with van der Waals surface area (Å²) in [5.74, 6) is -4.37. The lowest BCUT2D eigenvalue weighted by Crippen LogP contribution is -2.66. The van der Waals surface area contributed by atoms with Gasteiger partial charge >= 0.3 is 12.1 Å². The average Bonchev–Trinajstić information content (AvgIpc) is 3.37. The lowest BCUT2D eigenvalue weighted by atomic mass is 9.87. The lowest BCUT2D eigenvalue weighted by molar-refractivity contribution is -0.149. The zero-order chi connectivity index (χ0) is 29.3. The van der Waals surface area contributed by atoms with Crippen LogP contribution in [0.1, 0.15) is 52.5 Å². The molecule has 0 aromatic heterocycles. The molecule has 0 radical (unpaired) electrons. The van der Waals surface area contributed by atoms with Crippen LogP contribution >= 0.6 is 0 Å². The number of alkyl carbamates (subject to hydrolysis) is 1. The Morgan fingerprint density at radius 2 is 1.69 bits per heavy atom. The van der Waals surface area contributed by atoms with Gasteiger partial charge in [-0.3, -0.25) is 14.4 Å². The van der Waals surface area contributed by atoms with Crippen molar-refractivity contribution in [1.29, 1.82) is 0 Å². The molecule has 0 aliphatic carbocycles. The van der Waals surface area contributed by atoms with E-state index in [4.69, 9.17) is 4.74 Å². The number of carboxylic acids is 1. The van der Waals surface area contributed by atoms with Crippen LogP contribution in [0, 0.1) is 5.92 Å². The number of aliphatic carboxylic acids is 1. The topological polar surface area (TPSA) is 154 Å². The molecule has 1 heterocycles. The Kier molecular flexibility index (Phi) is 11.2. The third-order valence-electron chi connectivity index (χ3n) is 6.34. The number of nitrogens with zero attached hydrogens (tertiary/aromatic N) is 1. The first-order valence-electron chi connectivity index (χ1n) is 12.7. The van der Waals surface area contributed by atoms with Gasteiger partial charge in [-0.15, -0.1) is 0 Å². The minimum Gasteiger partial charge on any atom is -0.480 e. The van der Waals surface area contributed by atoms with Gasteiger partial charge in [0.1, 0.15) is 24.7 Å². The molecule has 1 aromatic rings. The van der Waals surface area contributed by atoms with Crippen molar-refractivity contribution in [2.75, 3.05) is 6.54 Å². The van der Waals surface area contributed by atoms with E-state index < -0.39 is 72.2 Å². The van der Waals surface area contributed by atoms with Gasteiger partial charge in [-0.05, 0) is 44.6 Å². The van der Waals surface area contributed by atoms with Crippen LogP contribution in [0.5, 0.6) is 0 Å². The van der Waals surface area contributed by atoms with Crippen LogP contribution in [-0.4, -0.2) is 76.4 Å². The van der Waals surface area contributed by atoms with Gasteiger partial charge < -0.3 is 30.7 Å². The predicted octanol–water partition coefficient (Wildman–Crippen LogP) is 2.05. The summed E-state index contributed by atoms with van der Waals surface area (Å²) in [5.41, 5.74) is -2.08. The highest BCUT2D eigenvalue weighted by Crippen LogP contribution is 2.26. The van der Waals surface area contributed by atoms with Crippen molar-refractivity contribution in [1.82, 2.24) is 20.9 Å². The Morgan fingerprint density at radius 3 is 2.26 bits per heavy atom. The third kappa shape index (κ3) is 8.36. The van der Waals surface area contributed by atoms with Crippen LogP contribution in [0.15, 0.2) is 30.3 Å². The van der Waals surface area contributed by atoms with E-state index in [2.05, 4.69) is 10.6 Å². The largest absolute Gasteiger partial charge is 0.480 e. The van der Waals surface area contributed by atoms with E-state index in [9.17, 15) is 37.9 Å². The van der Waals surface area contributed by atoms with Gasteiger partial charge in [0.05, 0.1) is 0 Å². The zero-order valence-electron chi connectivity index (χ0n) is 22.4. The number of halogens is 2. The minimum absolute atomic E-state index is 0.209. The van der Waals surface area contributed by atoms with Crippen LogP contribution in [0.3, 0.4) is 0 Å². The normalized spacial score (nSPS) is 18.2. The monoisotopic (exact) mass is 554 g/mol. The summed E-state index contributed by atoms with van der Waals surface area (Å²) in [5, 5.41) is 15.9. The molecule has 39 heavy (non-hydrogen) atoms. The first-order valence-corrected chi connectivity index (χ1v) is 12.7. The van der Waals surface area contributed by atoms with Gasteiger partial charge in [0, 0.05) is 6.54 Å². The van der Waals surface area contributed by atoms with Gasteiger partial charge in [-0.2, -0.15) is 0 Å². The minimum atomic E-state index is -3.34.